The van der Waals surface area contributed by atoms with E-state index in [4.69, 9.17) is 9.47 Å². The highest BCUT2D eigenvalue weighted by molar-refractivity contribution is 9.10. The summed E-state index contributed by atoms with van der Waals surface area (Å²) in [5.41, 5.74) is 0. The highest BCUT2D eigenvalue weighted by Crippen LogP contribution is 2.18. The van der Waals surface area contributed by atoms with Crippen molar-refractivity contribution in [2.75, 3.05) is 26.3 Å². The van der Waals surface area contributed by atoms with Crippen LogP contribution < -0.4 is 4.74 Å². The number of benzene rings is 1. The number of hydrogen-bond donors (Lipinski definition) is 0. The van der Waals surface area contributed by atoms with Gasteiger partial charge in [-0.3, -0.25) is 0 Å². The molecule has 1 aromatic carbocycles. The van der Waals surface area contributed by atoms with E-state index in [-0.39, 0.29) is 6.09 Å². The molecule has 2 rings (SSSR count). The molecular formula is C11H12BrNO3. The van der Waals surface area contributed by atoms with E-state index in [1.807, 2.05) is 12.1 Å². The van der Waals surface area contributed by atoms with Crippen LogP contribution in [0.2, 0.25) is 0 Å². The molecule has 1 heterocycles. The number of amides is 1. The van der Waals surface area contributed by atoms with Crippen molar-refractivity contribution in [1.82, 2.24) is 4.90 Å². The van der Waals surface area contributed by atoms with Crippen molar-refractivity contribution in [3.63, 3.8) is 0 Å². The molecule has 0 radical (unpaired) electrons. The van der Waals surface area contributed by atoms with Gasteiger partial charge in [-0.1, -0.05) is 22.0 Å². The average Bonchev–Trinajstić information content (AvgIpc) is 2.30. The molecule has 1 fully saturated rings. The predicted molar refractivity (Wildman–Crippen MR) is 62.6 cm³/mol. The number of morpholine rings is 1. The second kappa shape index (κ2) is 5.32. The highest BCUT2D eigenvalue weighted by atomic mass is 79.9. The lowest BCUT2D eigenvalue weighted by Gasteiger charge is -2.25. The van der Waals surface area contributed by atoms with Crippen LogP contribution in [-0.2, 0) is 4.74 Å². The molecule has 0 spiro atoms. The lowest BCUT2D eigenvalue weighted by molar-refractivity contribution is 0.0416. The summed E-state index contributed by atoms with van der Waals surface area (Å²) < 4.78 is 11.3. The molecule has 1 aliphatic rings. The van der Waals surface area contributed by atoms with Gasteiger partial charge in [0.2, 0.25) is 0 Å². The third-order valence-electron chi connectivity index (χ3n) is 2.27. The van der Waals surface area contributed by atoms with Gasteiger partial charge in [-0.25, -0.2) is 4.79 Å². The van der Waals surface area contributed by atoms with Crippen LogP contribution in [0.25, 0.3) is 0 Å². The van der Waals surface area contributed by atoms with E-state index in [1.54, 1.807) is 17.0 Å². The molecule has 0 unspecified atom stereocenters. The summed E-state index contributed by atoms with van der Waals surface area (Å²) in [6.45, 7) is 2.33. The predicted octanol–water partition coefficient (Wildman–Crippen LogP) is 2.28. The second-order valence-corrected chi connectivity index (χ2v) is 4.34. The Hall–Kier alpha value is -1.07. The molecule has 0 aromatic heterocycles. The van der Waals surface area contributed by atoms with Crippen LogP contribution in [-0.4, -0.2) is 37.3 Å². The van der Waals surface area contributed by atoms with Gasteiger partial charge in [-0.15, -0.1) is 0 Å². The first-order chi connectivity index (χ1) is 7.75. The number of nitrogens with zero attached hydrogens (tertiary/aromatic N) is 1. The molecule has 0 aliphatic carbocycles. The van der Waals surface area contributed by atoms with Crippen molar-refractivity contribution >= 4 is 22.0 Å². The largest absolute Gasteiger partial charge is 0.415 e. The van der Waals surface area contributed by atoms with E-state index in [2.05, 4.69) is 15.9 Å². The summed E-state index contributed by atoms with van der Waals surface area (Å²) >= 11 is 3.32. The van der Waals surface area contributed by atoms with Crippen molar-refractivity contribution in [3.05, 3.63) is 28.7 Å². The zero-order chi connectivity index (χ0) is 11.4. The summed E-state index contributed by atoms with van der Waals surface area (Å²) in [5.74, 6) is 0.547. The van der Waals surface area contributed by atoms with Gasteiger partial charge in [0.1, 0.15) is 5.75 Å². The maximum absolute atomic E-state index is 11.7. The fourth-order valence-electron chi connectivity index (χ4n) is 1.44. The van der Waals surface area contributed by atoms with Crippen molar-refractivity contribution < 1.29 is 14.3 Å². The normalized spacial score (nSPS) is 15.9. The summed E-state index contributed by atoms with van der Waals surface area (Å²) in [6, 6.07) is 7.22. The Kier molecular flexibility index (Phi) is 3.79. The minimum absolute atomic E-state index is 0.318. The monoisotopic (exact) mass is 285 g/mol. The first-order valence-electron chi connectivity index (χ1n) is 5.06. The number of halogens is 1. The summed E-state index contributed by atoms with van der Waals surface area (Å²) in [7, 11) is 0. The van der Waals surface area contributed by atoms with Gasteiger partial charge in [0.25, 0.3) is 0 Å². The number of rotatable bonds is 1. The summed E-state index contributed by atoms with van der Waals surface area (Å²) in [5, 5.41) is 0. The van der Waals surface area contributed by atoms with E-state index in [0.29, 0.717) is 32.1 Å². The molecule has 0 N–H and O–H groups in total. The quantitative estimate of drug-likeness (QED) is 0.795. The third kappa shape index (κ3) is 2.96. The van der Waals surface area contributed by atoms with Gasteiger partial charge >= 0.3 is 6.09 Å². The van der Waals surface area contributed by atoms with Crippen LogP contribution in [0.1, 0.15) is 0 Å². The summed E-state index contributed by atoms with van der Waals surface area (Å²) in [6.07, 6.45) is -0.318. The first-order valence-corrected chi connectivity index (χ1v) is 5.85. The SMILES string of the molecule is O=C(Oc1cccc(Br)c1)N1CCOCC1. The molecule has 0 bridgehead atoms. The van der Waals surface area contributed by atoms with Crippen molar-refractivity contribution in [2.24, 2.45) is 0 Å². The molecule has 86 valence electrons. The summed E-state index contributed by atoms with van der Waals surface area (Å²) in [4.78, 5) is 13.4. The lowest BCUT2D eigenvalue weighted by Crippen LogP contribution is -2.42. The number of hydrogen-bond acceptors (Lipinski definition) is 3. The van der Waals surface area contributed by atoms with Crippen LogP contribution in [0.15, 0.2) is 28.7 Å². The van der Waals surface area contributed by atoms with Gasteiger partial charge in [-0.05, 0) is 18.2 Å². The van der Waals surface area contributed by atoms with E-state index in [9.17, 15) is 4.79 Å². The van der Waals surface area contributed by atoms with Gasteiger partial charge in [-0.2, -0.15) is 0 Å². The highest BCUT2D eigenvalue weighted by Gasteiger charge is 2.18. The molecule has 1 aromatic rings. The van der Waals surface area contributed by atoms with Crippen molar-refractivity contribution in [2.45, 2.75) is 0 Å². The molecule has 4 nitrogen and oxygen atoms in total. The molecule has 0 saturated carbocycles. The number of ether oxygens (including phenoxy) is 2. The zero-order valence-corrected chi connectivity index (χ0v) is 10.3. The average molecular weight is 286 g/mol. The Morgan fingerprint density at radius 1 is 1.38 bits per heavy atom. The Balaban J connectivity index is 1.96. The second-order valence-electron chi connectivity index (χ2n) is 3.42. The van der Waals surface area contributed by atoms with Gasteiger partial charge < -0.3 is 14.4 Å². The minimum Gasteiger partial charge on any atom is -0.410 e. The van der Waals surface area contributed by atoms with Crippen molar-refractivity contribution in [1.29, 1.82) is 0 Å². The molecule has 5 heteroatoms. The topological polar surface area (TPSA) is 38.8 Å². The van der Waals surface area contributed by atoms with Gasteiger partial charge in [0.15, 0.2) is 0 Å². The Labute approximate surface area is 102 Å². The Morgan fingerprint density at radius 3 is 2.81 bits per heavy atom. The van der Waals surface area contributed by atoms with Gasteiger partial charge in [0, 0.05) is 17.6 Å². The zero-order valence-electron chi connectivity index (χ0n) is 8.69. The smallest absolute Gasteiger partial charge is 0.410 e. The maximum Gasteiger partial charge on any atom is 0.415 e. The first kappa shape index (κ1) is 11.4. The molecule has 1 aliphatic heterocycles. The van der Waals surface area contributed by atoms with E-state index in [1.165, 1.54) is 0 Å². The Morgan fingerprint density at radius 2 is 2.12 bits per heavy atom. The molecular weight excluding hydrogens is 274 g/mol. The number of carbonyl (C=O) groups is 1. The molecule has 1 amide bonds. The molecule has 16 heavy (non-hydrogen) atoms. The van der Waals surface area contributed by atoms with Crippen LogP contribution >= 0.6 is 15.9 Å². The minimum atomic E-state index is -0.318. The van der Waals surface area contributed by atoms with E-state index >= 15 is 0 Å². The standard InChI is InChI=1S/C11H12BrNO3/c12-9-2-1-3-10(8-9)16-11(14)13-4-6-15-7-5-13/h1-3,8H,4-7H2. The fourth-order valence-corrected chi connectivity index (χ4v) is 1.82. The molecule has 0 atom stereocenters. The van der Waals surface area contributed by atoms with Crippen LogP contribution in [0.4, 0.5) is 4.79 Å². The third-order valence-corrected chi connectivity index (χ3v) is 2.76. The number of carbonyl (C=O) groups excluding carboxylic acids is 1. The van der Waals surface area contributed by atoms with Crippen LogP contribution in [0, 0.1) is 0 Å². The maximum atomic E-state index is 11.7. The van der Waals surface area contributed by atoms with Crippen LogP contribution in [0.3, 0.4) is 0 Å². The fraction of sp³-hybridized carbons (Fsp3) is 0.364. The Bertz CT molecular complexity index is 377. The van der Waals surface area contributed by atoms with E-state index < -0.39 is 0 Å². The van der Waals surface area contributed by atoms with Gasteiger partial charge in [0.05, 0.1) is 13.2 Å². The van der Waals surface area contributed by atoms with E-state index in [0.717, 1.165) is 4.47 Å². The molecule has 1 saturated heterocycles. The van der Waals surface area contributed by atoms with Crippen molar-refractivity contribution in [3.8, 4) is 5.75 Å². The lowest BCUT2D eigenvalue weighted by atomic mass is 10.3. The van der Waals surface area contributed by atoms with Crippen LogP contribution in [0.5, 0.6) is 5.75 Å².